The van der Waals surface area contributed by atoms with Gasteiger partial charge in [-0.15, -0.1) is 0 Å². The van der Waals surface area contributed by atoms with Gasteiger partial charge in [-0.05, 0) is 24.1 Å². The SMILES string of the molecule is COCCOCCNC(=S)[C@@H](Cc1ccc(OC)cc1)C(CC(N)=O)C(=O)O. The van der Waals surface area contributed by atoms with Crippen LogP contribution >= 0.6 is 12.2 Å². The van der Waals surface area contributed by atoms with E-state index in [0.29, 0.717) is 43.5 Å². The molecule has 1 aromatic carbocycles. The smallest absolute Gasteiger partial charge is 0.307 e. The van der Waals surface area contributed by atoms with Crippen molar-refractivity contribution in [1.29, 1.82) is 0 Å². The fraction of sp³-hybridized carbons (Fsp3) is 0.526. The minimum atomic E-state index is -1.11. The summed E-state index contributed by atoms with van der Waals surface area (Å²) >= 11 is 5.44. The van der Waals surface area contributed by atoms with Crippen LogP contribution in [0.5, 0.6) is 5.75 Å². The molecule has 9 heteroatoms. The van der Waals surface area contributed by atoms with Crippen molar-refractivity contribution in [3.05, 3.63) is 29.8 Å². The number of hydrogen-bond donors (Lipinski definition) is 3. The highest BCUT2D eigenvalue weighted by Crippen LogP contribution is 2.24. The Hall–Kier alpha value is -2.23. The number of thiocarbonyl (C=S) groups is 1. The molecule has 0 saturated heterocycles. The zero-order valence-corrected chi connectivity index (χ0v) is 17.0. The molecule has 0 aliphatic heterocycles. The number of benzene rings is 1. The summed E-state index contributed by atoms with van der Waals surface area (Å²) in [6.45, 7) is 1.76. The molecular formula is C19H28N2O6S. The standard InChI is InChI=1S/C19H28N2O6S/c1-25-9-10-27-8-7-21-18(28)15(16(19(23)24)12-17(20)22)11-13-3-5-14(26-2)6-4-13/h3-6,15-16H,7-12H2,1-2H3,(H2,20,22)(H,21,28)(H,23,24)/t15-,16?/m0/s1. The molecule has 0 spiro atoms. The van der Waals surface area contributed by atoms with E-state index in [1.165, 1.54) is 0 Å². The second-order valence-corrected chi connectivity index (χ2v) is 6.61. The number of aliphatic carboxylic acids is 1. The van der Waals surface area contributed by atoms with Gasteiger partial charge in [-0.3, -0.25) is 9.59 Å². The van der Waals surface area contributed by atoms with Crippen LogP contribution in [0.25, 0.3) is 0 Å². The summed E-state index contributed by atoms with van der Waals surface area (Å²) in [5.74, 6) is -2.71. The largest absolute Gasteiger partial charge is 0.497 e. The van der Waals surface area contributed by atoms with E-state index in [-0.39, 0.29) is 6.42 Å². The van der Waals surface area contributed by atoms with Crippen LogP contribution in [0.2, 0.25) is 0 Å². The molecule has 0 radical (unpaired) electrons. The van der Waals surface area contributed by atoms with E-state index < -0.39 is 23.7 Å². The first-order chi connectivity index (χ1) is 13.4. The Morgan fingerprint density at radius 2 is 1.82 bits per heavy atom. The van der Waals surface area contributed by atoms with Crippen LogP contribution in [-0.2, 0) is 25.5 Å². The van der Waals surface area contributed by atoms with Gasteiger partial charge in [0, 0.05) is 26.0 Å². The van der Waals surface area contributed by atoms with Crippen LogP contribution in [0, 0.1) is 11.8 Å². The predicted octanol–water partition coefficient (Wildman–Crippen LogP) is 1.01. The average Bonchev–Trinajstić information content (AvgIpc) is 2.67. The first-order valence-electron chi connectivity index (χ1n) is 8.87. The highest BCUT2D eigenvalue weighted by molar-refractivity contribution is 7.80. The first kappa shape index (κ1) is 23.8. The molecule has 1 unspecified atom stereocenters. The summed E-state index contributed by atoms with van der Waals surface area (Å²) in [6.07, 6.45) is 0.0624. The van der Waals surface area contributed by atoms with E-state index in [1.54, 1.807) is 26.4 Å². The molecule has 0 saturated carbocycles. The third-order valence-corrected chi connectivity index (χ3v) is 4.60. The van der Waals surface area contributed by atoms with E-state index in [2.05, 4.69) is 5.32 Å². The van der Waals surface area contributed by atoms with Crippen molar-refractivity contribution in [3.8, 4) is 5.75 Å². The maximum atomic E-state index is 11.8. The van der Waals surface area contributed by atoms with Gasteiger partial charge in [0.05, 0.1) is 37.8 Å². The Kier molecular flexibility index (Phi) is 11.1. The molecule has 8 nitrogen and oxygen atoms in total. The van der Waals surface area contributed by atoms with Crippen molar-refractivity contribution in [2.75, 3.05) is 40.6 Å². The molecule has 1 rings (SSSR count). The molecule has 156 valence electrons. The lowest BCUT2D eigenvalue weighted by Crippen LogP contribution is -2.41. The fourth-order valence-corrected chi connectivity index (χ4v) is 3.02. The molecule has 4 N–H and O–H groups in total. The molecule has 0 fully saturated rings. The minimum absolute atomic E-state index is 0.289. The highest BCUT2D eigenvalue weighted by Gasteiger charge is 2.32. The fourth-order valence-electron chi connectivity index (χ4n) is 2.67. The number of methoxy groups -OCH3 is 2. The first-order valence-corrected chi connectivity index (χ1v) is 9.28. The topological polar surface area (TPSA) is 120 Å². The molecule has 0 aliphatic rings. The number of hydrogen-bond acceptors (Lipinski definition) is 6. The van der Waals surface area contributed by atoms with E-state index in [4.69, 9.17) is 32.2 Å². The lowest BCUT2D eigenvalue weighted by Gasteiger charge is -2.25. The van der Waals surface area contributed by atoms with E-state index in [9.17, 15) is 14.7 Å². The number of carbonyl (C=O) groups is 2. The number of amides is 1. The third-order valence-electron chi connectivity index (χ3n) is 4.15. The van der Waals surface area contributed by atoms with Crippen LogP contribution in [0.3, 0.4) is 0 Å². The van der Waals surface area contributed by atoms with Crippen LogP contribution < -0.4 is 15.8 Å². The molecule has 0 heterocycles. The van der Waals surface area contributed by atoms with Gasteiger partial charge in [0.15, 0.2) is 0 Å². The Bertz CT molecular complexity index is 638. The van der Waals surface area contributed by atoms with Crippen LogP contribution in [0.4, 0.5) is 0 Å². The Morgan fingerprint density at radius 3 is 2.36 bits per heavy atom. The molecule has 1 aromatic rings. The number of carboxylic acid groups (broad SMARTS) is 1. The van der Waals surface area contributed by atoms with Crippen molar-refractivity contribution in [3.63, 3.8) is 0 Å². The van der Waals surface area contributed by atoms with Crippen LogP contribution in [0.1, 0.15) is 12.0 Å². The number of carbonyl (C=O) groups excluding carboxylic acids is 1. The van der Waals surface area contributed by atoms with Crippen LogP contribution in [0.15, 0.2) is 24.3 Å². The molecular weight excluding hydrogens is 384 g/mol. The number of nitrogens with two attached hydrogens (primary N) is 1. The lowest BCUT2D eigenvalue weighted by molar-refractivity contribution is -0.144. The predicted molar refractivity (Wildman–Crippen MR) is 108 cm³/mol. The van der Waals surface area contributed by atoms with Crippen LogP contribution in [-0.4, -0.2) is 62.6 Å². The molecule has 28 heavy (non-hydrogen) atoms. The van der Waals surface area contributed by atoms with E-state index >= 15 is 0 Å². The number of ether oxygens (including phenoxy) is 3. The Labute approximate surface area is 170 Å². The maximum absolute atomic E-state index is 11.8. The van der Waals surface area contributed by atoms with Gasteiger partial charge >= 0.3 is 5.97 Å². The second kappa shape index (κ2) is 13.0. The van der Waals surface area contributed by atoms with E-state index in [1.807, 2.05) is 12.1 Å². The third kappa shape index (κ3) is 8.64. The normalized spacial score (nSPS) is 12.8. The van der Waals surface area contributed by atoms with Gasteiger partial charge in [-0.25, -0.2) is 0 Å². The zero-order chi connectivity index (χ0) is 20.9. The summed E-state index contributed by atoms with van der Waals surface area (Å²) in [7, 11) is 3.16. The summed E-state index contributed by atoms with van der Waals surface area (Å²) in [4.78, 5) is 23.5. The highest BCUT2D eigenvalue weighted by atomic mass is 32.1. The molecule has 1 amide bonds. The van der Waals surface area contributed by atoms with Gasteiger partial charge < -0.3 is 30.4 Å². The maximum Gasteiger partial charge on any atom is 0.307 e. The minimum Gasteiger partial charge on any atom is -0.497 e. The Morgan fingerprint density at radius 1 is 1.14 bits per heavy atom. The quantitative estimate of drug-likeness (QED) is 0.306. The van der Waals surface area contributed by atoms with Crippen molar-refractivity contribution in [2.24, 2.45) is 17.6 Å². The number of nitrogens with one attached hydrogen (secondary N) is 1. The molecule has 0 aromatic heterocycles. The van der Waals surface area contributed by atoms with E-state index in [0.717, 1.165) is 5.56 Å². The van der Waals surface area contributed by atoms with Crippen molar-refractivity contribution < 1.29 is 28.9 Å². The molecule has 0 bridgehead atoms. The lowest BCUT2D eigenvalue weighted by atomic mass is 9.84. The monoisotopic (exact) mass is 412 g/mol. The summed E-state index contributed by atoms with van der Waals surface area (Å²) in [5, 5.41) is 12.7. The van der Waals surface area contributed by atoms with Crippen molar-refractivity contribution in [1.82, 2.24) is 5.32 Å². The van der Waals surface area contributed by atoms with Crippen molar-refractivity contribution in [2.45, 2.75) is 12.8 Å². The average molecular weight is 413 g/mol. The molecule has 2 atom stereocenters. The number of carboxylic acids is 1. The number of primary amides is 1. The van der Waals surface area contributed by atoms with Gasteiger partial charge in [0.2, 0.25) is 5.91 Å². The summed E-state index contributed by atoms with van der Waals surface area (Å²) in [6, 6.07) is 7.25. The Balaban J connectivity index is 2.84. The number of rotatable bonds is 14. The van der Waals surface area contributed by atoms with Crippen molar-refractivity contribution >= 4 is 29.1 Å². The summed E-state index contributed by atoms with van der Waals surface area (Å²) < 4.78 is 15.4. The van der Waals surface area contributed by atoms with Gasteiger partial charge in [-0.2, -0.15) is 0 Å². The van der Waals surface area contributed by atoms with Gasteiger partial charge in [-0.1, -0.05) is 24.4 Å². The van der Waals surface area contributed by atoms with Gasteiger partial charge in [0.25, 0.3) is 0 Å². The second-order valence-electron chi connectivity index (χ2n) is 6.17. The zero-order valence-electron chi connectivity index (χ0n) is 16.2. The summed E-state index contributed by atoms with van der Waals surface area (Å²) in [5.41, 5.74) is 6.13. The molecule has 0 aliphatic carbocycles. The van der Waals surface area contributed by atoms with Gasteiger partial charge in [0.1, 0.15) is 5.75 Å².